The van der Waals surface area contributed by atoms with E-state index in [2.05, 4.69) is 4.90 Å². The van der Waals surface area contributed by atoms with Gasteiger partial charge in [-0.05, 0) is 49.2 Å². The molecular formula is C23H27FN2O4. The summed E-state index contributed by atoms with van der Waals surface area (Å²) < 4.78 is 25.6. The van der Waals surface area contributed by atoms with E-state index in [1.165, 1.54) is 6.07 Å². The minimum absolute atomic E-state index is 0.0204. The van der Waals surface area contributed by atoms with Gasteiger partial charge in [-0.15, -0.1) is 0 Å². The van der Waals surface area contributed by atoms with Crippen LogP contribution in [-0.4, -0.2) is 50.0 Å². The second-order valence-corrected chi connectivity index (χ2v) is 7.87. The first kappa shape index (κ1) is 20.3. The number of nitrogens with zero attached hydrogens (tertiary/aromatic N) is 2. The van der Waals surface area contributed by atoms with Crippen molar-refractivity contribution < 1.29 is 23.8 Å². The molecule has 0 saturated carbocycles. The Hall–Kier alpha value is -2.96. The number of methoxy groups -OCH3 is 1. The number of aliphatic carboxylic acids is 1. The number of halogens is 1. The van der Waals surface area contributed by atoms with Crippen molar-refractivity contribution in [2.45, 2.75) is 37.8 Å². The minimum Gasteiger partial charge on any atom is -0.497 e. The second-order valence-electron chi connectivity index (χ2n) is 7.87. The number of ether oxygens (including phenoxy) is 2. The number of carboxylic acid groups (broad SMARTS) is 1. The summed E-state index contributed by atoms with van der Waals surface area (Å²) in [5, 5.41) is 9.11. The Labute approximate surface area is 175 Å². The van der Waals surface area contributed by atoms with Crippen LogP contribution in [0, 0.1) is 5.82 Å². The molecule has 0 amide bonds. The Morgan fingerprint density at radius 3 is 2.63 bits per heavy atom. The van der Waals surface area contributed by atoms with Gasteiger partial charge in [-0.2, -0.15) is 0 Å². The van der Waals surface area contributed by atoms with Crippen molar-refractivity contribution in [3.8, 4) is 11.5 Å². The number of anilines is 2. The van der Waals surface area contributed by atoms with Gasteiger partial charge in [-0.1, -0.05) is 0 Å². The van der Waals surface area contributed by atoms with Gasteiger partial charge in [-0.25, -0.2) is 4.39 Å². The van der Waals surface area contributed by atoms with Crippen molar-refractivity contribution in [3.63, 3.8) is 0 Å². The van der Waals surface area contributed by atoms with Gasteiger partial charge in [0.05, 0.1) is 25.8 Å². The standard InChI is InChI=1S/C23H27FN2O4/c1-29-19-8-9-21(24)22(14-19)25-12-10-20(15-25)30-18-6-4-16(5-7-18)26-11-2-3-17(26)13-23(27)28/h4-9,14,17,20H,2-3,10-13,15H2,1H3,(H,27,28)/t17-,20?/m1/s1. The van der Waals surface area contributed by atoms with Crippen LogP contribution >= 0.6 is 0 Å². The zero-order valence-corrected chi connectivity index (χ0v) is 17.1. The topological polar surface area (TPSA) is 62.2 Å². The van der Waals surface area contributed by atoms with Gasteiger partial charge in [0, 0.05) is 37.3 Å². The molecule has 6 nitrogen and oxygen atoms in total. The Bertz CT molecular complexity index is 889. The van der Waals surface area contributed by atoms with Crippen molar-refractivity contribution in [2.24, 2.45) is 0 Å². The van der Waals surface area contributed by atoms with Crippen LogP contribution in [0.3, 0.4) is 0 Å². The number of hydrogen-bond donors (Lipinski definition) is 1. The van der Waals surface area contributed by atoms with Gasteiger partial charge >= 0.3 is 5.97 Å². The SMILES string of the molecule is COc1ccc(F)c(N2CCC(Oc3ccc(N4CCC[C@@H]4CC(=O)O)cc3)C2)c1. The third-order valence-electron chi connectivity index (χ3n) is 5.90. The van der Waals surface area contributed by atoms with Gasteiger partial charge in [0.2, 0.25) is 0 Å². The van der Waals surface area contributed by atoms with Gasteiger partial charge in [0.1, 0.15) is 23.4 Å². The maximum Gasteiger partial charge on any atom is 0.305 e. The van der Waals surface area contributed by atoms with E-state index >= 15 is 0 Å². The van der Waals surface area contributed by atoms with E-state index in [1.54, 1.807) is 19.2 Å². The molecule has 2 aromatic carbocycles. The van der Waals surface area contributed by atoms with E-state index in [1.807, 2.05) is 29.2 Å². The van der Waals surface area contributed by atoms with Crippen LogP contribution in [0.25, 0.3) is 0 Å². The van der Waals surface area contributed by atoms with Crippen molar-refractivity contribution in [3.05, 3.63) is 48.3 Å². The molecule has 7 heteroatoms. The summed E-state index contributed by atoms with van der Waals surface area (Å²) in [5.41, 5.74) is 1.56. The second kappa shape index (κ2) is 8.81. The third-order valence-corrected chi connectivity index (χ3v) is 5.90. The van der Waals surface area contributed by atoms with Crippen molar-refractivity contribution in [1.29, 1.82) is 0 Å². The highest BCUT2D eigenvalue weighted by Gasteiger charge is 2.28. The molecule has 2 saturated heterocycles. The first-order chi connectivity index (χ1) is 14.5. The summed E-state index contributed by atoms with van der Waals surface area (Å²) in [6.07, 6.45) is 2.87. The normalized spacial score (nSPS) is 21.1. The highest BCUT2D eigenvalue weighted by molar-refractivity contribution is 5.69. The monoisotopic (exact) mass is 414 g/mol. The van der Waals surface area contributed by atoms with Gasteiger partial charge in [0.15, 0.2) is 0 Å². The first-order valence-corrected chi connectivity index (χ1v) is 10.4. The van der Waals surface area contributed by atoms with Crippen molar-refractivity contribution in [2.75, 3.05) is 36.5 Å². The lowest BCUT2D eigenvalue weighted by molar-refractivity contribution is -0.137. The summed E-state index contributed by atoms with van der Waals surface area (Å²) in [4.78, 5) is 15.2. The van der Waals surface area contributed by atoms with Crippen LogP contribution in [0.1, 0.15) is 25.7 Å². The predicted octanol–water partition coefficient (Wildman–Crippen LogP) is 3.94. The van der Waals surface area contributed by atoms with E-state index in [-0.39, 0.29) is 24.4 Å². The van der Waals surface area contributed by atoms with Crippen LogP contribution in [0.2, 0.25) is 0 Å². The molecular weight excluding hydrogens is 387 g/mol. The highest BCUT2D eigenvalue weighted by Crippen LogP contribution is 2.31. The average molecular weight is 414 g/mol. The molecule has 1 unspecified atom stereocenters. The summed E-state index contributed by atoms with van der Waals surface area (Å²) >= 11 is 0. The van der Waals surface area contributed by atoms with Crippen LogP contribution in [0.5, 0.6) is 11.5 Å². The van der Waals surface area contributed by atoms with Crippen LogP contribution < -0.4 is 19.3 Å². The Morgan fingerprint density at radius 1 is 1.13 bits per heavy atom. The number of rotatable bonds is 7. The van der Waals surface area contributed by atoms with E-state index in [9.17, 15) is 9.18 Å². The Kier molecular flexibility index (Phi) is 5.97. The summed E-state index contributed by atoms with van der Waals surface area (Å²) in [5.74, 6) is 0.382. The predicted molar refractivity (Wildman–Crippen MR) is 113 cm³/mol. The molecule has 0 spiro atoms. The summed E-state index contributed by atoms with van der Waals surface area (Å²) in [6.45, 7) is 2.21. The van der Waals surface area contributed by atoms with Crippen molar-refractivity contribution in [1.82, 2.24) is 0 Å². The molecule has 2 atom stereocenters. The Morgan fingerprint density at radius 2 is 1.90 bits per heavy atom. The molecule has 0 bridgehead atoms. The number of hydrogen-bond acceptors (Lipinski definition) is 5. The van der Waals surface area contributed by atoms with Crippen LogP contribution in [0.4, 0.5) is 15.8 Å². The lowest BCUT2D eigenvalue weighted by Gasteiger charge is -2.26. The number of carbonyl (C=O) groups is 1. The minimum atomic E-state index is -0.759. The lowest BCUT2D eigenvalue weighted by atomic mass is 10.1. The zero-order valence-electron chi connectivity index (χ0n) is 17.1. The van der Waals surface area contributed by atoms with Crippen LogP contribution in [0.15, 0.2) is 42.5 Å². The lowest BCUT2D eigenvalue weighted by Crippen LogP contribution is -2.31. The zero-order chi connectivity index (χ0) is 21.1. The smallest absolute Gasteiger partial charge is 0.305 e. The quantitative estimate of drug-likeness (QED) is 0.741. The first-order valence-electron chi connectivity index (χ1n) is 10.4. The van der Waals surface area contributed by atoms with Gasteiger partial charge < -0.3 is 24.4 Å². The fourth-order valence-corrected chi connectivity index (χ4v) is 4.40. The fourth-order valence-electron chi connectivity index (χ4n) is 4.40. The molecule has 2 aromatic rings. The fraction of sp³-hybridized carbons (Fsp3) is 0.435. The third kappa shape index (κ3) is 4.45. The molecule has 2 aliphatic heterocycles. The molecule has 0 radical (unpaired) electrons. The summed E-state index contributed by atoms with van der Waals surface area (Å²) in [7, 11) is 1.57. The summed E-state index contributed by atoms with van der Waals surface area (Å²) in [6, 6.07) is 12.7. The average Bonchev–Trinajstić information content (AvgIpc) is 3.38. The van der Waals surface area contributed by atoms with Crippen LogP contribution in [-0.2, 0) is 4.79 Å². The van der Waals surface area contributed by atoms with Gasteiger partial charge in [0.25, 0.3) is 0 Å². The molecule has 160 valence electrons. The molecule has 30 heavy (non-hydrogen) atoms. The molecule has 2 heterocycles. The maximum atomic E-state index is 14.2. The molecule has 2 fully saturated rings. The number of benzene rings is 2. The molecule has 4 rings (SSSR count). The van der Waals surface area contributed by atoms with E-state index in [4.69, 9.17) is 14.6 Å². The number of carboxylic acids is 1. The van der Waals surface area contributed by atoms with Crippen molar-refractivity contribution >= 4 is 17.3 Å². The van der Waals surface area contributed by atoms with E-state index in [0.29, 0.717) is 18.0 Å². The van der Waals surface area contributed by atoms with Gasteiger partial charge in [-0.3, -0.25) is 4.79 Å². The largest absolute Gasteiger partial charge is 0.497 e. The maximum absolute atomic E-state index is 14.2. The molecule has 2 aliphatic rings. The Balaban J connectivity index is 1.37. The molecule has 1 N–H and O–H groups in total. The molecule has 0 aromatic heterocycles. The van der Waals surface area contributed by atoms with E-state index in [0.717, 1.165) is 43.8 Å². The van der Waals surface area contributed by atoms with E-state index < -0.39 is 5.97 Å². The molecule has 0 aliphatic carbocycles. The highest BCUT2D eigenvalue weighted by atomic mass is 19.1.